The highest BCUT2D eigenvalue weighted by molar-refractivity contribution is 14.2. The molecule has 0 aliphatic heterocycles. The fraction of sp³-hybridized carbons (Fsp3) is 1.00. The molecule has 2 heteroatoms. The third kappa shape index (κ3) is 3.12. The Bertz CT molecular complexity index is 69.3. The second-order valence-electron chi connectivity index (χ2n) is 2.75. The average Bonchev–Trinajstić information content (AvgIpc) is 2.34. The fourth-order valence-electron chi connectivity index (χ4n) is 1.51. The van der Waals surface area contributed by atoms with E-state index < -0.39 is 0 Å². The lowest BCUT2D eigenvalue weighted by atomic mass is 10.1. The third-order valence-electron chi connectivity index (χ3n) is 2.08. The highest BCUT2D eigenvalue weighted by Gasteiger charge is 2.13. The van der Waals surface area contributed by atoms with Gasteiger partial charge in [0.05, 0.1) is 0 Å². The summed E-state index contributed by atoms with van der Waals surface area (Å²) in [6.45, 7) is 0. The molecule has 1 fully saturated rings. The van der Waals surface area contributed by atoms with E-state index in [2.05, 4.69) is 21.2 Å². The molecule has 1 saturated carbocycles. The Morgan fingerprint density at radius 1 is 1.33 bits per heavy atom. The first-order chi connectivity index (χ1) is 4.43. The van der Waals surface area contributed by atoms with Crippen LogP contribution in [0.1, 0.15) is 32.1 Å². The molecule has 0 atom stereocenters. The summed E-state index contributed by atoms with van der Waals surface area (Å²) in [6.07, 6.45) is 7.48. The number of hydrogen-bond donors (Lipinski definition) is 0. The molecule has 1 rings (SSSR count). The largest absolute Gasteiger partial charge is 0.0894 e. The highest BCUT2D eigenvalue weighted by Crippen LogP contribution is 2.29. The summed E-state index contributed by atoms with van der Waals surface area (Å²) in [6, 6.07) is 0. The highest BCUT2D eigenvalue weighted by atomic mass is 127. The van der Waals surface area contributed by atoms with Crippen LogP contribution < -0.4 is 0 Å². The first kappa shape index (κ1) is 8.18. The van der Waals surface area contributed by atoms with Gasteiger partial charge in [-0.2, -0.15) is 0 Å². The molecule has 1 aliphatic rings. The monoisotopic (exact) mass is 256 g/mol. The van der Waals surface area contributed by atoms with Crippen molar-refractivity contribution in [3.05, 3.63) is 0 Å². The van der Waals surface area contributed by atoms with Gasteiger partial charge in [0, 0.05) is 5.75 Å². The van der Waals surface area contributed by atoms with Crippen LogP contribution in [-0.4, -0.2) is 5.75 Å². The van der Waals surface area contributed by atoms with E-state index in [4.69, 9.17) is 0 Å². The molecule has 1 aliphatic carbocycles. The van der Waals surface area contributed by atoms with Gasteiger partial charge in [-0.25, -0.2) is 0 Å². The SMILES string of the molecule is ISCCC1CCCC1. The molecule has 0 amide bonds. The van der Waals surface area contributed by atoms with Crippen LogP contribution in [-0.2, 0) is 0 Å². The summed E-state index contributed by atoms with van der Waals surface area (Å²) >= 11 is 2.39. The minimum atomic E-state index is 1.09. The first-order valence-electron chi connectivity index (χ1n) is 3.67. The van der Waals surface area contributed by atoms with Crippen molar-refractivity contribution in [1.29, 1.82) is 0 Å². The molecule has 9 heavy (non-hydrogen) atoms. The average molecular weight is 256 g/mol. The van der Waals surface area contributed by atoms with Crippen LogP contribution in [0.4, 0.5) is 0 Å². The van der Waals surface area contributed by atoms with Crippen molar-refractivity contribution < 1.29 is 0 Å². The van der Waals surface area contributed by atoms with Crippen LogP contribution >= 0.6 is 30.1 Å². The van der Waals surface area contributed by atoms with Crippen molar-refractivity contribution in [2.75, 3.05) is 5.75 Å². The Kier molecular flexibility index (Phi) is 4.39. The zero-order valence-corrected chi connectivity index (χ0v) is 8.58. The molecule has 0 unspecified atom stereocenters. The van der Waals surface area contributed by atoms with Gasteiger partial charge in [-0.1, -0.05) is 34.6 Å². The van der Waals surface area contributed by atoms with Gasteiger partial charge < -0.3 is 0 Å². The van der Waals surface area contributed by atoms with Crippen molar-refractivity contribution in [2.24, 2.45) is 5.92 Å². The van der Waals surface area contributed by atoms with Gasteiger partial charge in [0.1, 0.15) is 0 Å². The van der Waals surface area contributed by atoms with E-state index in [-0.39, 0.29) is 0 Å². The van der Waals surface area contributed by atoms with Gasteiger partial charge in [-0.3, -0.25) is 0 Å². The van der Waals surface area contributed by atoms with Crippen molar-refractivity contribution in [3.63, 3.8) is 0 Å². The predicted molar refractivity (Wildman–Crippen MR) is 53.1 cm³/mol. The van der Waals surface area contributed by atoms with E-state index in [0.29, 0.717) is 0 Å². The fourth-order valence-corrected chi connectivity index (χ4v) is 2.70. The summed E-state index contributed by atoms with van der Waals surface area (Å²) in [7, 11) is 1.96. The molecule has 54 valence electrons. The van der Waals surface area contributed by atoms with Gasteiger partial charge in [-0.05, 0) is 33.5 Å². The van der Waals surface area contributed by atoms with Crippen molar-refractivity contribution in [2.45, 2.75) is 32.1 Å². The van der Waals surface area contributed by atoms with E-state index in [0.717, 1.165) is 5.92 Å². The number of halogens is 1. The van der Waals surface area contributed by atoms with Gasteiger partial charge in [-0.15, -0.1) is 0 Å². The smallest absolute Gasteiger partial charge is 0.00361 e. The van der Waals surface area contributed by atoms with E-state index >= 15 is 0 Å². The zero-order chi connectivity index (χ0) is 6.53. The lowest BCUT2D eigenvalue weighted by molar-refractivity contribution is 0.536. The first-order valence-corrected chi connectivity index (χ1v) is 7.20. The maximum atomic E-state index is 2.39. The molecule has 0 radical (unpaired) electrons. The Morgan fingerprint density at radius 3 is 2.56 bits per heavy atom. The molecule has 0 aromatic heterocycles. The molecule has 0 saturated heterocycles. The second-order valence-corrected chi connectivity index (χ2v) is 5.25. The zero-order valence-electron chi connectivity index (χ0n) is 5.61. The van der Waals surface area contributed by atoms with E-state index in [1.54, 1.807) is 0 Å². The summed E-state index contributed by atoms with van der Waals surface area (Å²) in [4.78, 5) is 0. The van der Waals surface area contributed by atoms with Gasteiger partial charge in [0.25, 0.3) is 0 Å². The normalized spacial score (nSPS) is 21.0. The molecule has 0 aromatic rings. The number of hydrogen-bond acceptors (Lipinski definition) is 1. The lowest BCUT2D eigenvalue weighted by Crippen LogP contribution is -1.92. The summed E-state index contributed by atoms with van der Waals surface area (Å²) in [5, 5.41) is 0. The van der Waals surface area contributed by atoms with Crippen LogP contribution in [0.25, 0.3) is 0 Å². The van der Waals surface area contributed by atoms with E-state index in [9.17, 15) is 0 Å². The minimum absolute atomic E-state index is 1.09. The molecule has 0 aromatic carbocycles. The third-order valence-corrected chi connectivity index (χ3v) is 3.79. The van der Waals surface area contributed by atoms with Crippen LogP contribution in [0.2, 0.25) is 0 Å². The minimum Gasteiger partial charge on any atom is -0.0894 e. The Hall–Kier alpha value is 1.08. The summed E-state index contributed by atoms with van der Waals surface area (Å²) in [5.74, 6) is 2.46. The maximum absolute atomic E-state index is 2.39. The van der Waals surface area contributed by atoms with Crippen molar-refractivity contribution in [3.8, 4) is 0 Å². The quantitative estimate of drug-likeness (QED) is 0.694. The number of rotatable bonds is 3. The molecular formula is C7H13IS. The molecule has 0 N–H and O–H groups in total. The second kappa shape index (κ2) is 4.83. The van der Waals surface area contributed by atoms with Gasteiger partial charge in [0.2, 0.25) is 0 Å². The topological polar surface area (TPSA) is 0 Å². The van der Waals surface area contributed by atoms with E-state index in [1.165, 1.54) is 37.9 Å². The maximum Gasteiger partial charge on any atom is 0.00361 e. The van der Waals surface area contributed by atoms with Gasteiger partial charge >= 0.3 is 0 Å². The molecular weight excluding hydrogens is 243 g/mol. The van der Waals surface area contributed by atoms with E-state index in [1.807, 2.05) is 8.93 Å². The molecule has 0 heterocycles. The molecule has 0 nitrogen and oxygen atoms in total. The Balaban J connectivity index is 1.98. The van der Waals surface area contributed by atoms with Crippen molar-refractivity contribution in [1.82, 2.24) is 0 Å². The van der Waals surface area contributed by atoms with Crippen LogP contribution in [0.3, 0.4) is 0 Å². The molecule has 0 bridgehead atoms. The van der Waals surface area contributed by atoms with Crippen LogP contribution in [0, 0.1) is 5.92 Å². The van der Waals surface area contributed by atoms with Crippen LogP contribution in [0.5, 0.6) is 0 Å². The summed E-state index contributed by atoms with van der Waals surface area (Å²) in [5.41, 5.74) is 0. The van der Waals surface area contributed by atoms with Gasteiger partial charge in [0.15, 0.2) is 0 Å². The van der Waals surface area contributed by atoms with Crippen molar-refractivity contribution >= 4 is 30.1 Å². The summed E-state index contributed by atoms with van der Waals surface area (Å²) < 4.78 is 0. The Morgan fingerprint density at radius 2 is 2.00 bits per heavy atom. The Labute approximate surface area is 73.8 Å². The predicted octanol–water partition coefficient (Wildman–Crippen LogP) is 3.65. The van der Waals surface area contributed by atoms with Crippen LogP contribution in [0.15, 0.2) is 0 Å². The lowest BCUT2D eigenvalue weighted by Gasteiger charge is -2.04. The molecule has 0 spiro atoms. The standard InChI is InChI=1S/C7H13IS/c8-9-6-5-7-3-1-2-4-7/h7H,1-6H2.